The van der Waals surface area contributed by atoms with Gasteiger partial charge in [0.05, 0.1) is 13.2 Å². The fraction of sp³-hybridized carbons (Fsp3) is 0.391. The van der Waals surface area contributed by atoms with E-state index in [2.05, 4.69) is 22.3 Å². The molecule has 1 saturated heterocycles. The summed E-state index contributed by atoms with van der Waals surface area (Å²) < 4.78 is 11.1. The molecule has 1 aliphatic heterocycles. The minimum atomic E-state index is -0.641. The van der Waals surface area contributed by atoms with E-state index < -0.39 is 11.8 Å². The standard InChI is InChI=1S/C23H29N3O4/c1-3-29-20-11-10-19(16-21(20)30-4-2)24-22(27)23(28)26-14-12-25(13-15-26)17-18-8-6-5-7-9-18/h5-11,16H,3-4,12-15,17H2,1-2H3,(H,24,27). The monoisotopic (exact) mass is 411 g/mol. The summed E-state index contributed by atoms with van der Waals surface area (Å²) in [5.41, 5.74) is 1.75. The molecule has 1 N–H and O–H groups in total. The van der Waals surface area contributed by atoms with Gasteiger partial charge in [-0.3, -0.25) is 14.5 Å². The molecule has 160 valence electrons. The third-order valence-electron chi connectivity index (χ3n) is 4.90. The lowest BCUT2D eigenvalue weighted by molar-refractivity contribution is -0.144. The second kappa shape index (κ2) is 10.6. The van der Waals surface area contributed by atoms with Crippen molar-refractivity contribution in [3.63, 3.8) is 0 Å². The van der Waals surface area contributed by atoms with E-state index in [9.17, 15) is 9.59 Å². The average Bonchev–Trinajstić information content (AvgIpc) is 2.76. The van der Waals surface area contributed by atoms with Crippen molar-refractivity contribution in [2.75, 3.05) is 44.7 Å². The molecule has 1 heterocycles. The molecular formula is C23H29N3O4. The minimum Gasteiger partial charge on any atom is -0.490 e. The molecule has 0 aromatic heterocycles. The number of hydrogen-bond donors (Lipinski definition) is 1. The number of benzene rings is 2. The van der Waals surface area contributed by atoms with Crippen LogP contribution in [0.25, 0.3) is 0 Å². The van der Waals surface area contributed by atoms with Crippen LogP contribution in [-0.4, -0.2) is 61.0 Å². The van der Waals surface area contributed by atoms with Crippen LogP contribution in [0.15, 0.2) is 48.5 Å². The van der Waals surface area contributed by atoms with Crippen molar-refractivity contribution in [1.29, 1.82) is 0 Å². The van der Waals surface area contributed by atoms with E-state index in [4.69, 9.17) is 9.47 Å². The summed E-state index contributed by atoms with van der Waals surface area (Å²) in [5.74, 6) is -0.00309. The van der Waals surface area contributed by atoms with Gasteiger partial charge >= 0.3 is 11.8 Å². The third kappa shape index (κ3) is 5.73. The molecule has 0 radical (unpaired) electrons. The van der Waals surface area contributed by atoms with Gasteiger partial charge in [-0.2, -0.15) is 0 Å². The molecule has 7 nitrogen and oxygen atoms in total. The summed E-state index contributed by atoms with van der Waals surface area (Å²) in [5, 5.41) is 2.68. The highest BCUT2D eigenvalue weighted by Crippen LogP contribution is 2.30. The van der Waals surface area contributed by atoms with Gasteiger partial charge in [-0.25, -0.2) is 0 Å². The van der Waals surface area contributed by atoms with Crippen LogP contribution in [-0.2, 0) is 16.1 Å². The second-order valence-corrected chi connectivity index (χ2v) is 7.04. The Bertz CT molecular complexity index is 849. The zero-order valence-electron chi connectivity index (χ0n) is 17.6. The maximum atomic E-state index is 12.6. The fourth-order valence-corrected chi connectivity index (χ4v) is 3.41. The lowest BCUT2D eigenvalue weighted by atomic mass is 10.2. The van der Waals surface area contributed by atoms with Crippen LogP contribution >= 0.6 is 0 Å². The molecule has 0 saturated carbocycles. The summed E-state index contributed by atoms with van der Waals surface area (Å²) in [4.78, 5) is 29.0. The van der Waals surface area contributed by atoms with Crippen LogP contribution < -0.4 is 14.8 Å². The van der Waals surface area contributed by atoms with E-state index in [1.165, 1.54) is 5.56 Å². The lowest BCUT2D eigenvalue weighted by Crippen LogP contribution is -2.51. The van der Waals surface area contributed by atoms with Gasteiger partial charge < -0.3 is 19.7 Å². The van der Waals surface area contributed by atoms with Gasteiger partial charge in [-0.1, -0.05) is 30.3 Å². The van der Waals surface area contributed by atoms with E-state index >= 15 is 0 Å². The number of anilines is 1. The second-order valence-electron chi connectivity index (χ2n) is 7.04. The van der Waals surface area contributed by atoms with Gasteiger partial charge in [0, 0.05) is 44.5 Å². The summed E-state index contributed by atoms with van der Waals surface area (Å²) in [6, 6.07) is 15.4. The largest absolute Gasteiger partial charge is 0.490 e. The predicted molar refractivity (Wildman–Crippen MR) is 116 cm³/mol. The number of hydrogen-bond acceptors (Lipinski definition) is 5. The van der Waals surface area contributed by atoms with Crippen molar-refractivity contribution < 1.29 is 19.1 Å². The zero-order chi connectivity index (χ0) is 21.3. The molecule has 7 heteroatoms. The number of nitrogens with zero attached hydrogens (tertiary/aromatic N) is 2. The highest BCUT2D eigenvalue weighted by molar-refractivity contribution is 6.39. The van der Waals surface area contributed by atoms with Crippen LogP contribution in [0.1, 0.15) is 19.4 Å². The molecule has 1 fully saturated rings. The Balaban J connectivity index is 1.53. The van der Waals surface area contributed by atoms with Gasteiger partial charge in [0.2, 0.25) is 0 Å². The molecule has 2 aromatic carbocycles. The number of piperazine rings is 1. The quantitative estimate of drug-likeness (QED) is 0.710. The SMILES string of the molecule is CCOc1ccc(NC(=O)C(=O)N2CCN(Cc3ccccc3)CC2)cc1OCC. The van der Waals surface area contributed by atoms with Crippen molar-refractivity contribution in [3.05, 3.63) is 54.1 Å². The maximum Gasteiger partial charge on any atom is 0.313 e. The van der Waals surface area contributed by atoms with Crippen molar-refractivity contribution >= 4 is 17.5 Å². The Morgan fingerprint density at radius 2 is 1.57 bits per heavy atom. The van der Waals surface area contributed by atoms with Gasteiger partial charge in [0.25, 0.3) is 0 Å². The highest BCUT2D eigenvalue weighted by Gasteiger charge is 2.26. The number of rotatable bonds is 7. The molecule has 0 spiro atoms. The van der Waals surface area contributed by atoms with Gasteiger partial charge in [0.15, 0.2) is 11.5 Å². The average molecular weight is 412 g/mol. The third-order valence-corrected chi connectivity index (χ3v) is 4.90. The van der Waals surface area contributed by atoms with E-state index in [-0.39, 0.29) is 0 Å². The minimum absolute atomic E-state index is 0.476. The van der Waals surface area contributed by atoms with E-state index in [1.807, 2.05) is 32.0 Å². The Morgan fingerprint density at radius 1 is 0.900 bits per heavy atom. The normalized spacial score (nSPS) is 14.3. The smallest absolute Gasteiger partial charge is 0.313 e. The van der Waals surface area contributed by atoms with E-state index in [0.29, 0.717) is 43.5 Å². The van der Waals surface area contributed by atoms with Crippen LogP contribution in [0, 0.1) is 0 Å². The summed E-state index contributed by atoms with van der Waals surface area (Å²) in [6.07, 6.45) is 0. The van der Waals surface area contributed by atoms with Gasteiger partial charge in [-0.05, 0) is 31.5 Å². The maximum absolute atomic E-state index is 12.6. The topological polar surface area (TPSA) is 71.1 Å². The van der Waals surface area contributed by atoms with Crippen LogP contribution in [0.3, 0.4) is 0 Å². The van der Waals surface area contributed by atoms with Crippen LogP contribution in [0.5, 0.6) is 11.5 Å². The van der Waals surface area contributed by atoms with Gasteiger partial charge in [-0.15, -0.1) is 0 Å². The molecule has 0 unspecified atom stereocenters. The molecule has 2 amide bonds. The number of carbonyl (C=O) groups excluding carboxylic acids is 2. The molecule has 1 aliphatic rings. The lowest BCUT2D eigenvalue weighted by Gasteiger charge is -2.34. The van der Waals surface area contributed by atoms with Crippen molar-refractivity contribution in [2.24, 2.45) is 0 Å². The van der Waals surface area contributed by atoms with Crippen LogP contribution in [0.4, 0.5) is 5.69 Å². The van der Waals surface area contributed by atoms with E-state index in [1.54, 1.807) is 23.1 Å². The Hall–Kier alpha value is -3.06. The molecule has 0 aliphatic carbocycles. The first-order valence-electron chi connectivity index (χ1n) is 10.4. The zero-order valence-corrected chi connectivity index (χ0v) is 17.6. The van der Waals surface area contributed by atoms with Crippen LogP contribution in [0.2, 0.25) is 0 Å². The molecule has 0 bridgehead atoms. The first-order chi connectivity index (χ1) is 14.6. The first kappa shape index (κ1) is 21.6. The Morgan fingerprint density at radius 3 is 2.23 bits per heavy atom. The molecule has 2 aromatic rings. The Labute approximate surface area is 177 Å². The molecule has 0 atom stereocenters. The number of amides is 2. The Kier molecular flexibility index (Phi) is 7.68. The fourth-order valence-electron chi connectivity index (χ4n) is 3.41. The first-order valence-corrected chi connectivity index (χ1v) is 10.4. The molecule has 30 heavy (non-hydrogen) atoms. The van der Waals surface area contributed by atoms with Crippen molar-refractivity contribution in [1.82, 2.24) is 9.80 Å². The molecular weight excluding hydrogens is 382 g/mol. The number of nitrogens with one attached hydrogen (secondary N) is 1. The predicted octanol–water partition coefficient (Wildman–Crippen LogP) is 2.77. The highest BCUT2D eigenvalue weighted by atomic mass is 16.5. The summed E-state index contributed by atoms with van der Waals surface area (Å²) >= 11 is 0. The van der Waals surface area contributed by atoms with E-state index in [0.717, 1.165) is 19.6 Å². The van der Waals surface area contributed by atoms with Crippen molar-refractivity contribution in [2.45, 2.75) is 20.4 Å². The van der Waals surface area contributed by atoms with Crippen molar-refractivity contribution in [3.8, 4) is 11.5 Å². The number of carbonyl (C=O) groups is 2. The molecule has 3 rings (SSSR count). The number of ether oxygens (including phenoxy) is 2. The summed E-state index contributed by atoms with van der Waals surface area (Å²) in [7, 11) is 0. The summed E-state index contributed by atoms with van der Waals surface area (Å²) in [6.45, 7) is 8.16. The van der Waals surface area contributed by atoms with Gasteiger partial charge in [0.1, 0.15) is 0 Å².